The van der Waals surface area contributed by atoms with E-state index in [-0.39, 0.29) is 6.04 Å². The molecule has 4 heterocycles. The quantitative estimate of drug-likeness (QED) is 0.356. The van der Waals surface area contributed by atoms with Gasteiger partial charge in [-0.2, -0.15) is 0 Å². The van der Waals surface area contributed by atoms with Crippen molar-refractivity contribution in [2.75, 3.05) is 12.4 Å². The highest BCUT2D eigenvalue weighted by atomic mass is 16.5. The summed E-state index contributed by atoms with van der Waals surface area (Å²) in [6, 6.07) is 20.0. The number of aryl methyl sites for hydroxylation is 1. The van der Waals surface area contributed by atoms with E-state index in [1.807, 2.05) is 30.5 Å². The molecule has 0 unspecified atom stereocenters. The van der Waals surface area contributed by atoms with Crippen LogP contribution in [0.4, 0.5) is 5.69 Å². The number of benzene rings is 2. The Morgan fingerprint density at radius 1 is 0.917 bits per heavy atom. The minimum absolute atomic E-state index is 0.283. The van der Waals surface area contributed by atoms with Crippen LogP contribution in [0.1, 0.15) is 17.3 Å². The summed E-state index contributed by atoms with van der Waals surface area (Å²) >= 11 is 0. The van der Waals surface area contributed by atoms with Gasteiger partial charge in [-0.15, -0.1) is 10.2 Å². The second-order valence-corrected chi connectivity index (χ2v) is 8.51. The Morgan fingerprint density at radius 3 is 2.64 bits per heavy atom. The van der Waals surface area contributed by atoms with Gasteiger partial charge < -0.3 is 14.6 Å². The van der Waals surface area contributed by atoms with Gasteiger partial charge in [-0.3, -0.25) is 15.0 Å². The number of hydrogen-bond acceptors (Lipinski definition) is 7. The zero-order valence-electron chi connectivity index (χ0n) is 19.8. The molecule has 1 N–H and O–H groups in total. The monoisotopic (exact) mass is 473 g/mol. The lowest BCUT2D eigenvalue weighted by atomic mass is 10.00. The first kappa shape index (κ1) is 21.7. The molecule has 1 atom stereocenters. The molecule has 0 aliphatic heterocycles. The Morgan fingerprint density at radius 2 is 1.83 bits per heavy atom. The fourth-order valence-electron chi connectivity index (χ4n) is 4.44. The molecule has 0 saturated heterocycles. The molecular weight excluding hydrogens is 450 g/mol. The maximum Gasteiger partial charge on any atom is 0.233 e. The van der Waals surface area contributed by atoms with Crippen molar-refractivity contribution in [3.63, 3.8) is 0 Å². The first-order valence-electron chi connectivity index (χ1n) is 11.5. The van der Waals surface area contributed by atoms with Crippen LogP contribution in [0.15, 0.2) is 91.6 Å². The summed E-state index contributed by atoms with van der Waals surface area (Å²) < 4.78 is 7.32. The molecule has 176 valence electrons. The van der Waals surface area contributed by atoms with Crippen LogP contribution in [0, 0.1) is 0 Å². The van der Waals surface area contributed by atoms with E-state index in [9.17, 15) is 0 Å². The lowest BCUT2D eigenvalue weighted by Crippen LogP contribution is -2.15. The van der Waals surface area contributed by atoms with Crippen molar-refractivity contribution in [2.45, 2.75) is 6.04 Å². The number of ether oxygens (including phenoxy) is 1. The zero-order chi connectivity index (χ0) is 24.5. The maximum absolute atomic E-state index is 5.20. The Hall–Kier alpha value is -4.85. The number of fused-ring (bicyclic) bond motifs is 2. The van der Waals surface area contributed by atoms with Crippen molar-refractivity contribution in [1.82, 2.24) is 29.7 Å². The SMILES string of the molecule is COc1ccc([C@H](Nc2cc(-c3ccc4ccn(C)c4c3)c3nccnc3c2)c2cccnc2)nn1. The van der Waals surface area contributed by atoms with Crippen molar-refractivity contribution in [2.24, 2.45) is 7.05 Å². The molecule has 6 aromatic rings. The summed E-state index contributed by atoms with van der Waals surface area (Å²) in [6.45, 7) is 0. The van der Waals surface area contributed by atoms with Gasteiger partial charge in [0.1, 0.15) is 0 Å². The molecule has 4 aromatic heterocycles. The summed E-state index contributed by atoms with van der Waals surface area (Å²) in [7, 11) is 3.63. The van der Waals surface area contributed by atoms with Crippen LogP contribution in [0.3, 0.4) is 0 Å². The van der Waals surface area contributed by atoms with Crippen LogP contribution >= 0.6 is 0 Å². The van der Waals surface area contributed by atoms with Crippen LogP contribution in [0.5, 0.6) is 5.88 Å². The van der Waals surface area contributed by atoms with E-state index in [1.54, 1.807) is 31.8 Å². The summed E-state index contributed by atoms with van der Waals surface area (Å²) in [5, 5.41) is 13.4. The highest BCUT2D eigenvalue weighted by molar-refractivity contribution is 5.97. The number of nitrogens with zero attached hydrogens (tertiary/aromatic N) is 6. The van der Waals surface area contributed by atoms with Crippen molar-refractivity contribution in [1.29, 1.82) is 0 Å². The molecule has 0 radical (unpaired) electrons. The minimum atomic E-state index is -0.283. The van der Waals surface area contributed by atoms with Gasteiger partial charge in [0.15, 0.2) is 0 Å². The normalized spacial score (nSPS) is 12.1. The molecule has 36 heavy (non-hydrogen) atoms. The second kappa shape index (κ2) is 9.07. The molecule has 6 rings (SSSR count). The summed E-state index contributed by atoms with van der Waals surface area (Å²) in [5.74, 6) is 0.461. The molecule has 0 bridgehead atoms. The molecule has 0 spiro atoms. The molecule has 8 heteroatoms. The van der Waals surface area contributed by atoms with Crippen molar-refractivity contribution in [3.05, 3.63) is 103 Å². The van der Waals surface area contributed by atoms with Gasteiger partial charge in [-0.25, -0.2) is 0 Å². The van der Waals surface area contributed by atoms with Gasteiger partial charge in [-0.1, -0.05) is 18.2 Å². The number of nitrogens with one attached hydrogen (secondary N) is 1. The molecule has 2 aromatic carbocycles. The standard InChI is InChI=1S/C28H23N7O/c1-35-13-9-18-5-6-19(14-25(18)35)22-15-21(16-24-28(22)31-12-11-30-24)32-27(20-4-3-10-29-17-20)23-7-8-26(36-2)34-33-23/h3-17,27,32H,1-2H3/t27-/m1/s1. The van der Waals surface area contributed by atoms with E-state index in [0.29, 0.717) is 5.88 Å². The van der Waals surface area contributed by atoms with Gasteiger partial charge in [0.2, 0.25) is 5.88 Å². The molecule has 8 nitrogen and oxygen atoms in total. The smallest absolute Gasteiger partial charge is 0.233 e. The van der Waals surface area contributed by atoms with E-state index in [1.165, 1.54) is 5.39 Å². The van der Waals surface area contributed by atoms with E-state index in [0.717, 1.165) is 44.6 Å². The molecule has 0 aliphatic carbocycles. The summed E-state index contributed by atoms with van der Waals surface area (Å²) in [6.07, 6.45) is 9.09. The molecule has 0 saturated carbocycles. The number of hydrogen-bond donors (Lipinski definition) is 1. The van der Waals surface area contributed by atoms with E-state index >= 15 is 0 Å². The van der Waals surface area contributed by atoms with Crippen LogP contribution in [-0.4, -0.2) is 36.8 Å². The van der Waals surface area contributed by atoms with Gasteiger partial charge in [0, 0.05) is 60.9 Å². The Labute approximate surface area is 207 Å². The molecule has 0 amide bonds. The van der Waals surface area contributed by atoms with Crippen LogP contribution in [0.25, 0.3) is 33.1 Å². The van der Waals surface area contributed by atoms with E-state index in [2.05, 4.69) is 78.6 Å². The first-order chi connectivity index (χ1) is 17.7. The largest absolute Gasteiger partial charge is 0.480 e. The first-order valence-corrected chi connectivity index (χ1v) is 11.5. The molecule has 0 aliphatic rings. The lowest BCUT2D eigenvalue weighted by molar-refractivity contribution is 0.391. The van der Waals surface area contributed by atoms with Crippen molar-refractivity contribution >= 4 is 27.6 Å². The van der Waals surface area contributed by atoms with Gasteiger partial charge in [0.25, 0.3) is 0 Å². The maximum atomic E-state index is 5.20. The van der Waals surface area contributed by atoms with E-state index < -0.39 is 0 Å². The second-order valence-electron chi connectivity index (χ2n) is 8.51. The third kappa shape index (κ3) is 3.98. The Kier molecular flexibility index (Phi) is 5.46. The lowest BCUT2D eigenvalue weighted by Gasteiger charge is -2.20. The number of anilines is 1. The van der Waals surface area contributed by atoms with Crippen molar-refractivity contribution in [3.8, 4) is 17.0 Å². The fraction of sp³-hybridized carbons (Fsp3) is 0.107. The third-order valence-electron chi connectivity index (χ3n) is 6.27. The number of rotatable bonds is 6. The summed E-state index contributed by atoms with van der Waals surface area (Å²) in [4.78, 5) is 13.6. The predicted octanol–water partition coefficient (Wildman–Crippen LogP) is 5.18. The average Bonchev–Trinajstić information content (AvgIpc) is 3.31. The molecule has 0 fully saturated rings. The Bertz CT molecular complexity index is 1660. The van der Waals surface area contributed by atoms with Crippen molar-refractivity contribution < 1.29 is 4.74 Å². The topological polar surface area (TPSA) is 90.6 Å². The van der Waals surface area contributed by atoms with Crippen LogP contribution < -0.4 is 10.1 Å². The zero-order valence-corrected chi connectivity index (χ0v) is 19.8. The van der Waals surface area contributed by atoms with Gasteiger partial charge in [0.05, 0.1) is 29.9 Å². The van der Waals surface area contributed by atoms with Crippen LogP contribution in [0.2, 0.25) is 0 Å². The van der Waals surface area contributed by atoms with Gasteiger partial charge >= 0.3 is 0 Å². The number of aromatic nitrogens is 6. The van der Waals surface area contributed by atoms with E-state index in [4.69, 9.17) is 4.74 Å². The fourth-order valence-corrected chi connectivity index (χ4v) is 4.44. The number of methoxy groups -OCH3 is 1. The predicted molar refractivity (Wildman–Crippen MR) is 140 cm³/mol. The average molecular weight is 474 g/mol. The third-order valence-corrected chi connectivity index (χ3v) is 6.27. The minimum Gasteiger partial charge on any atom is -0.480 e. The highest BCUT2D eigenvalue weighted by Crippen LogP contribution is 2.34. The number of pyridine rings is 1. The Balaban J connectivity index is 1.48. The highest BCUT2D eigenvalue weighted by Gasteiger charge is 2.19. The molecular formula is C28H23N7O. The summed E-state index contributed by atoms with van der Waals surface area (Å²) in [5.41, 5.74) is 7.46. The van der Waals surface area contributed by atoms with Crippen LogP contribution in [-0.2, 0) is 7.05 Å². The van der Waals surface area contributed by atoms with Gasteiger partial charge in [-0.05, 0) is 52.9 Å².